The van der Waals surface area contributed by atoms with Crippen LogP contribution in [0.2, 0.25) is 5.02 Å². The maximum absolute atomic E-state index is 12.2. The maximum Gasteiger partial charge on any atom is 0.254 e. The quantitative estimate of drug-likeness (QED) is 0.410. The van der Waals surface area contributed by atoms with Gasteiger partial charge in [0.2, 0.25) is 11.9 Å². The van der Waals surface area contributed by atoms with Crippen LogP contribution < -0.4 is 11.2 Å². The summed E-state index contributed by atoms with van der Waals surface area (Å²) in [6.07, 6.45) is 12.2. The molecular weight excluding hydrogens is 484 g/mol. The number of pyridine rings is 2. The fourth-order valence-corrected chi connectivity index (χ4v) is 4.62. The van der Waals surface area contributed by atoms with Crippen LogP contribution in [0.5, 0.6) is 0 Å². The van der Waals surface area contributed by atoms with E-state index in [-0.39, 0.29) is 23.5 Å². The molecule has 12 heteroatoms. The fraction of sp³-hybridized carbons (Fsp3) is 0.208. The van der Waals surface area contributed by atoms with Crippen LogP contribution in [0, 0.1) is 0 Å². The number of hydrogen-bond acceptors (Lipinski definition) is 7. The molecule has 0 radical (unpaired) electrons. The minimum atomic E-state index is -0.830. The van der Waals surface area contributed by atoms with Crippen LogP contribution >= 0.6 is 11.6 Å². The molecule has 2 amide bonds. The number of fused-ring (bicyclic) bond motifs is 1. The average Bonchev–Trinajstić information content (AvgIpc) is 3.29. The van der Waals surface area contributed by atoms with Crippen molar-refractivity contribution in [3.63, 3.8) is 0 Å². The topological polar surface area (TPSA) is 142 Å². The number of aromatic nitrogens is 6. The third kappa shape index (κ3) is 4.13. The number of hydrogen-bond donors (Lipinski definition) is 1. The first-order valence-electron chi connectivity index (χ1n) is 11.2. The predicted molar refractivity (Wildman–Crippen MR) is 133 cm³/mol. The molecule has 1 aliphatic rings. The predicted octanol–water partition coefficient (Wildman–Crippen LogP) is 2.14. The second kappa shape index (κ2) is 9.34. The normalized spacial score (nSPS) is 15.7. The highest BCUT2D eigenvalue weighted by Crippen LogP contribution is 2.35. The number of nitrogens with zero attached hydrogens (tertiary/aromatic N) is 7. The summed E-state index contributed by atoms with van der Waals surface area (Å²) in [7, 11) is 0. The third-order valence-electron chi connectivity index (χ3n) is 6.12. The molecule has 0 spiro atoms. The van der Waals surface area contributed by atoms with Crippen LogP contribution in [0.25, 0.3) is 28.1 Å². The van der Waals surface area contributed by atoms with Crippen molar-refractivity contribution < 1.29 is 9.59 Å². The molecule has 1 fully saturated rings. The van der Waals surface area contributed by atoms with Gasteiger partial charge in [-0.25, -0.2) is 9.97 Å². The lowest BCUT2D eigenvalue weighted by Gasteiger charge is -2.32. The molecule has 1 unspecified atom stereocenters. The minimum Gasteiger partial charge on any atom is -0.365 e. The van der Waals surface area contributed by atoms with Gasteiger partial charge in [-0.15, -0.1) is 0 Å². The smallest absolute Gasteiger partial charge is 0.254 e. The Balaban J connectivity index is 1.54. The Morgan fingerprint density at radius 1 is 1.19 bits per heavy atom. The first-order valence-corrected chi connectivity index (χ1v) is 11.5. The molecule has 5 heterocycles. The number of piperidine rings is 1. The summed E-state index contributed by atoms with van der Waals surface area (Å²) < 4.78 is 3.29. The number of carbonyl (C=O) groups excluding carboxylic acids is 2. The van der Waals surface area contributed by atoms with Crippen molar-refractivity contribution >= 4 is 34.3 Å². The van der Waals surface area contributed by atoms with Gasteiger partial charge in [-0.1, -0.05) is 18.2 Å². The lowest BCUT2D eigenvalue weighted by atomic mass is 10.1. The second-order valence-electron chi connectivity index (χ2n) is 8.36. The maximum atomic E-state index is 12.2. The summed E-state index contributed by atoms with van der Waals surface area (Å²) in [6.45, 7) is 4.75. The van der Waals surface area contributed by atoms with Crippen LogP contribution in [0.4, 0.5) is 0 Å². The minimum absolute atomic E-state index is 0.0765. The molecule has 1 aliphatic heterocycles. The van der Waals surface area contributed by atoms with Gasteiger partial charge < -0.3 is 10.6 Å². The Hall–Kier alpha value is -4.38. The molecule has 0 bridgehead atoms. The zero-order valence-corrected chi connectivity index (χ0v) is 19.8. The Morgan fingerprint density at radius 2 is 1.97 bits per heavy atom. The summed E-state index contributed by atoms with van der Waals surface area (Å²) >= 11 is 6.55. The highest BCUT2D eigenvalue weighted by atomic mass is 35.5. The zero-order valence-electron chi connectivity index (χ0n) is 19.0. The molecular formula is C24H21ClN8O3. The number of halogens is 1. The third-order valence-corrected chi connectivity index (χ3v) is 6.40. The molecule has 0 aromatic carbocycles. The number of carbonyl (C=O) groups is 2. The molecule has 4 aromatic rings. The Kier molecular flexibility index (Phi) is 6.06. The number of nitrogens with two attached hydrogens (primary N) is 1. The van der Waals surface area contributed by atoms with Crippen molar-refractivity contribution in [1.82, 2.24) is 34.2 Å². The van der Waals surface area contributed by atoms with Gasteiger partial charge in [0.25, 0.3) is 5.91 Å². The van der Waals surface area contributed by atoms with Gasteiger partial charge in [0.05, 0.1) is 16.6 Å². The van der Waals surface area contributed by atoms with E-state index in [1.807, 2.05) is 4.68 Å². The van der Waals surface area contributed by atoms with Gasteiger partial charge in [-0.3, -0.25) is 28.6 Å². The van der Waals surface area contributed by atoms with Crippen LogP contribution in [-0.4, -0.2) is 59.1 Å². The standard InChI is InChI=1S/C24H21ClN8O3/c1-2-20(35)31-6-3-4-15(12-31)33-22-16(10-27-11-18(22)25)21(30-33)14-8-28-24(29-9-14)32-7-5-19(34)17(13-32)23(26)36/h2,5,7-11,13,15H,1,3-4,6,12H2,(H2,26,36). The number of primary amides is 1. The van der Waals surface area contributed by atoms with Crippen LogP contribution in [0.15, 0.2) is 60.7 Å². The van der Waals surface area contributed by atoms with Crippen LogP contribution in [-0.2, 0) is 4.79 Å². The lowest BCUT2D eigenvalue weighted by molar-refractivity contribution is -0.127. The van der Waals surface area contributed by atoms with E-state index in [2.05, 4.69) is 21.5 Å². The van der Waals surface area contributed by atoms with E-state index in [0.29, 0.717) is 29.4 Å². The van der Waals surface area contributed by atoms with E-state index in [0.717, 1.165) is 23.7 Å². The van der Waals surface area contributed by atoms with E-state index in [1.165, 1.54) is 29.1 Å². The van der Waals surface area contributed by atoms with E-state index in [1.54, 1.807) is 29.7 Å². The molecule has 5 rings (SSSR count). The highest BCUT2D eigenvalue weighted by Gasteiger charge is 2.27. The number of likely N-dealkylation sites (tertiary alicyclic amines) is 1. The molecule has 11 nitrogen and oxygen atoms in total. The van der Waals surface area contributed by atoms with E-state index < -0.39 is 11.3 Å². The Morgan fingerprint density at radius 3 is 2.69 bits per heavy atom. The van der Waals surface area contributed by atoms with Gasteiger partial charge in [-0.05, 0) is 18.9 Å². The zero-order chi connectivity index (χ0) is 25.4. The van der Waals surface area contributed by atoms with Crippen molar-refractivity contribution in [2.45, 2.75) is 18.9 Å². The molecule has 4 aromatic heterocycles. The van der Waals surface area contributed by atoms with Crippen molar-refractivity contribution in [2.75, 3.05) is 13.1 Å². The molecule has 2 N–H and O–H groups in total. The molecule has 182 valence electrons. The Labute approximate surface area is 209 Å². The first kappa shape index (κ1) is 23.4. The number of amides is 2. The van der Waals surface area contributed by atoms with E-state index in [9.17, 15) is 14.4 Å². The second-order valence-corrected chi connectivity index (χ2v) is 8.77. The van der Waals surface area contributed by atoms with Crippen molar-refractivity contribution in [3.8, 4) is 17.2 Å². The van der Waals surface area contributed by atoms with Crippen LogP contribution in [0.3, 0.4) is 0 Å². The molecule has 0 saturated carbocycles. The van der Waals surface area contributed by atoms with Crippen molar-refractivity contribution in [3.05, 3.63) is 76.7 Å². The molecule has 0 aliphatic carbocycles. The first-order chi connectivity index (χ1) is 17.4. The summed E-state index contributed by atoms with van der Waals surface area (Å²) in [5.41, 5.74) is 6.57. The van der Waals surface area contributed by atoms with Gasteiger partial charge in [-0.2, -0.15) is 5.10 Å². The van der Waals surface area contributed by atoms with E-state index in [4.69, 9.17) is 22.4 Å². The van der Waals surface area contributed by atoms with Gasteiger partial charge >= 0.3 is 0 Å². The monoisotopic (exact) mass is 504 g/mol. The summed E-state index contributed by atoms with van der Waals surface area (Å²) in [4.78, 5) is 50.3. The lowest BCUT2D eigenvalue weighted by Crippen LogP contribution is -2.40. The van der Waals surface area contributed by atoms with E-state index >= 15 is 0 Å². The Bertz CT molecular complexity index is 1560. The molecule has 1 saturated heterocycles. The van der Waals surface area contributed by atoms with Gasteiger partial charge in [0, 0.05) is 67.3 Å². The van der Waals surface area contributed by atoms with Gasteiger partial charge in [0.15, 0.2) is 5.43 Å². The van der Waals surface area contributed by atoms with Crippen molar-refractivity contribution in [2.24, 2.45) is 5.73 Å². The molecule has 36 heavy (non-hydrogen) atoms. The summed E-state index contributed by atoms with van der Waals surface area (Å²) in [6, 6.07) is 1.15. The highest BCUT2D eigenvalue weighted by molar-refractivity contribution is 6.35. The summed E-state index contributed by atoms with van der Waals surface area (Å²) in [5.74, 6) is -0.703. The molecule has 1 atom stereocenters. The SMILES string of the molecule is C=CC(=O)N1CCCC(n2nc(-c3cnc(-n4ccc(=O)c(C(N)=O)c4)nc3)c3cncc(Cl)c32)C1. The largest absolute Gasteiger partial charge is 0.365 e. The van der Waals surface area contributed by atoms with Crippen LogP contribution in [0.1, 0.15) is 29.2 Å². The summed E-state index contributed by atoms with van der Waals surface area (Å²) in [5, 5.41) is 6.03. The van der Waals surface area contributed by atoms with Gasteiger partial charge in [0.1, 0.15) is 11.3 Å². The van der Waals surface area contributed by atoms with Crippen molar-refractivity contribution in [1.29, 1.82) is 0 Å². The fourth-order valence-electron chi connectivity index (χ4n) is 4.38. The average molecular weight is 505 g/mol. The number of rotatable bonds is 5.